The molecule has 2 fully saturated rings. The maximum atomic E-state index is 10.8. The number of nitrogens with one attached hydrogen (secondary N) is 1. The molecule has 0 unspecified atom stereocenters. The van der Waals surface area contributed by atoms with Crippen LogP contribution in [0.4, 0.5) is 0 Å². The summed E-state index contributed by atoms with van der Waals surface area (Å²) in [6.07, 6.45) is 0. The van der Waals surface area contributed by atoms with E-state index in [2.05, 4.69) is 5.32 Å². The Labute approximate surface area is 99.7 Å². The summed E-state index contributed by atoms with van der Waals surface area (Å²) in [6, 6.07) is 0. The summed E-state index contributed by atoms with van der Waals surface area (Å²) in [5.41, 5.74) is 0. The van der Waals surface area contributed by atoms with Crippen molar-refractivity contribution in [2.75, 3.05) is 38.6 Å². The van der Waals surface area contributed by atoms with Crippen LogP contribution < -0.4 is 5.32 Å². The SMILES string of the molecule is C1COCCN1.CCN1C(=O)CSC1=S. The number of amides is 1. The van der Waals surface area contributed by atoms with Gasteiger partial charge in [-0.2, -0.15) is 0 Å². The van der Waals surface area contributed by atoms with Gasteiger partial charge in [-0.05, 0) is 6.92 Å². The molecule has 2 aliphatic rings. The van der Waals surface area contributed by atoms with Crippen LogP contribution in [0, 0.1) is 0 Å². The number of carbonyl (C=O) groups is 1. The number of rotatable bonds is 1. The van der Waals surface area contributed by atoms with Gasteiger partial charge in [0.1, 0.15) is 4.32 Å². The van der Waals surface area contributed by atoms with E-state index in [4.69, 9.17) is 17.0 Å². The van der Waals surface area contributed by atoms with Crippen LogP contribution in [-0.2, 0) is 9.53 Å². The molecule has 0 bridgehead atoms. The number of hydrogen-bond donors (Lipinski definition) is 1. The molecule has 1 N–H and O–H groups in total. The van der Waals surface area contributed by atoms with E-state index >= 15 is 0 Å². The molecule has 2 saturated heterocycles. The third-order valence-electron chi connectivity index (χ3n) is 2.00. The summed E-state index contributed by atoms with van der Waals surface area (Å²) in [6.45, 7) is 6.47. The average Bonchev–Trinajstić information content (AvgIpc) is 2.61. The van der Waals surface area contributed by atoms with Crippen LogP contribution in [0.15, 0.2) is 0 Å². The van der Waals surface area contributed by atoms with Gasteiger partial charge in [-0.3, -0.25) is 9.69 Å². The summed E-state index contributed by atoms with van der Waals surface area (Å²) in [7, 11) is 0. The number of nitrogens with zero attached hydrogens (tertiary/aromatic N) is 1. The van der Waals surface area contributed by atoms with E-state index in [0.717, 1.165) is 30.6 Å². The molecule has 1 amide bonds. The van der Waals surface area contributed by atoms with Crippen molar-refractivity contribution in [1.82, 2.24) is 10.2 Å². The van der Waals surface area contributed by atoms with Crippen LogP contribution in [0.1, 0.15) is 6.92 Å². The first-order valence-corrected chi connectivity index (χ1v) is 6.40. The number of morpholine rings is 1. The minimum Gasteiger partial charge on any atom is -0.379 e. The zero-order valence-electron chi connectivity index (χ0n) is 8.82. The molecule has 0 aromatic heterocycles. The highest BCUT2D eigenvalue weighted by molar-refractivity contribution is 8.23. The Morgan fingerprint density at radius 1 is 1.53 bits per heavy atom. The van der Waals surface area contributed by atoms with Gasteiger partial charge in [-0.15, -0.1) is 0 Å². The number of carbonyl (C=O) groups excluding carboxylic acids is 1. The zero-order valence-corrected chi connectivity index (χ0v) is 10.5. The summed E-state index contributed by atoms with van der Waals surface area (Å²) >= 11 is 6.33. The van der Waals surface area contributed by atoms with Gasteiger partial charge in [0, 0.05) is 19.6 Å². The molecule has 2 heterocycles. The van der Waals surface area contributed by atoms with E-state index in [-0.39, 0.29) is 5.91 Å². The highest BCUT2D eigenvalue weighted by atomic mass is 32.2. The molecular formula is C9H16N2O2S2. The van der Waals surface area contributed by atoms with Crippen molar-refractivity contribution in [2.24, 2.45) is 0 Å². The summed E-state index contributed by atoms with van der Waals surface area (Å²) < 4.78 is 5.73. The normalized spacial score (nSPS) is 21.3. The van der Waals surface area contributed by atoms with Crippen LogP contribution in [0.5, 0.6) is 0 Å². The van der Waals surface area contributed by atoms with Crippen LogP contribution in [-0.4, -0.2) is 53.7 Å². The standard InChI is InChI=1S/C5H7NOS2.C4H9NO/c1-2-6-4(7)3-9-5(6)8;1-3-6-4-2-5-1/h2-3H2,1H3;5H,1-4H2. The van der Waals surface area contributed by atoms with Gasteiger partial charge >= 0.3 is 0 Å². The van der Waals surface area contributed by atoms with E-state index in [1.54, 1.807) is 4.90 Å². The summed E-state index contributed by atoms with van der Waals surface area (Å²) in [5.74, 6) is 0.680. The third kappa shape index (κ3) is 4.46. The van der Waals surface area contributed by atoms with Gasteiger partial charge in [0.25, 0.3) is 0 Å². The zero-order chi connectivity index (χ0) is 11.1. The van der Waals surface area contributed by atoms with Crippen molar-refractivity contribution < 1.29 is 9.53 Å². The molecule has 2 aliphatic heterocycles. The minimum atomic E-state index is 0.146. The Bertz CT molecular complexity index is 205. The first-order chi connectivity index (χ1) is 7.25. The van der Waals surface area contributed by atoms with Crippen LogP contribution >= 0.6 is 24.0 Å². The lowest BCUT2D eigenvalue weighted by Gasteiger charge is -2.10. The Kier molecular flexibility index (Phi) is 6.16. The van der Waals surface area contributed by atoms with E-state index < -0.39 is 0 Å². The van der Waals surface area contributed by atoms with Gasteiger partial charge in [-0.1, -0.05) is 24.0 Å². The Morgan fingerprint density at radius 3 is 2.40 bits per heavy atom. The molecule has 0 radical (unpaired) electrons. The van der Waals surface area contributed by atoms with Gasteiger partial charge in [0.15, 0.2) is 0 Å². The predicted octanol–water partition coefficient (Wildman–Crippen LogP) is 0.473. The van der Waals surface area contributed by atoms with Crippen molar-refractivity contribution in [1.29, 1.82) is 0 Å². The third-order valence-corrected chi connectivity index (χ3v) is 3.44. The average molecular weight is 248 g/mol. The molecule has 86 valence electrons. The molecule has 0 aromatic rings. The van der Waals surface area contributed by atoms with Crippen LogP contribution in [0.3, 0.4) is 0 Å². The molecule has 0 aromatic carbocycles. The van der Waals surface area contributed by atoms with E-state index in [9.17, 15) is 4.79 Å². The van der Waals surface area contributed by atoms with Crippen molar-refractivity contribution in [2.45, 2.75) is 6.92 Å². The smallest absolute Gasteiger partial charge is 0.238 e. The lowest BCUT2D eigenvalue weighted by atomic mass is 10.5. The highest BCUT2D eigenvalue weighted by Crippen LogP contribution is 2.17. The molecule has 0 aliphatic carbocycles. The molecule has 6 heteroatoms. The highest BCUT2D eigenvalue weighted by Gasteiger charge is 2.24. The van der Waals surface area contributed by atoms with Crippen molar-refractivity contribution in [3.05, 3.63) is 0 Å². The number of ether oxygens (including phenoxy) is 1. The first-order valence-electron chi connectivity index (χ1n) is 5.01. The van der Waals surface area contributed by atoms with Gasteiger partial charge in [0.05, 0.1) is 19.0 Å². The molecule has 15 heavy (non-hydrogen) atoms. The fourth-order valence-electron chi connectivity index (χ4n) is 1.20. The van der Waals surface area contributed by atoms with E-state index in [1.807, 2.05) is 6.92 Å². The second kappa shape index (κ2) is 7.16. The quantitative estimate of drug-likeness (QED) is 0.683. The molecule has 0 spiro atoms. The van der Waals surface area contributed by atoms with Crippen LogP contribution in [0.2, 0.25) is 0 Å². The van der Waals surface area contributed by atoms with Crippen molar-refractivity contribution in [3.63, 3.8) is 0 Å². The van der Waals surface area contributed by atoms with Gasteiger partial charge in [0.2, 0.25) is 5.91 Å². The predicted molar refractivity (Wildman–Crippen MR) is 66.1 cm³/mol. The maximum absolute atomic E-state index is 10.8. The van der Waals surface area contributed by atoms with E-state index in [0.29, 0.717) is 12.3 Å². The maximum Gasteiger partial charge on any atom is 0.238 e. The van der Waals surface area contributed by atoms with Gasteiger partial charge < -0.3 is 10.1 Å². The monoisotopic (exact) mass is 248 g/mol. The van der Waals surface area contributed by atoms with Crippen LogP contribution in [0.25, 0.3) is 0 Å². The Hall–Kier alpha value is -0.170. The number of hydrogen-bond acceptors (Lipinski definition) is 5. The van der Waals surface area contributed by atoms with Crippen molar-refractivity contribution >= 4 is 34.2 Å². The Morgan fingerprint density at radius 2 is 2.20 bits per heavy atom. The fraction of sp³-hybridized carbons (Fsp3) is 0.778. The largest absolute Gasteiger partial charge is 0.379 e. The second-order valence-corrected chi connectivity index (χ2v) is 4.66. The number of thioether (sulfide) groups is 1. The van der Waals surface area contributed by atoms with Crippen molar-refractivity contribution in [3.8, 4) is 0 Å². The number of thiocarbonyl (C=S) groups is 1. The van der Waals surface area contributed by atoms with E-state index in [1.165, 1.54) is 11.8 Å². The molecule has 0 saturated carbocycles. The molecule has 0 atom stereocenters. The second-order valence-electron chi connectivity index (χ2n) is 3.05. The molecular weight excluding hydrogens is 232 g/mol. The molecule has 4 nitrogen and oxygen atoms in total. The van der Waals surface area contributed by atoms with Gasteiger partial charge in [-0.25, -0.2) is 0 Å². The molecule has 2 rings (SSSR count). The fourth-order valence-corrected chi connectivity index (χ4v) is 2.40. The minimum absolute atomic E-state index is 0.146. The first kappa shape index (κ1) is 12.9. The summed E-state index contributed by atoms with van der Waals surface area (Å²) in [5, 5.41) is 3.16. The summed E-state index contributed by atoms with van der Waals surface area (Å²) in [4.78, 5) is 12.5. The topological polar surface area (TPSA) is 41.6 Å². The lowest BCUT2D eigenvalue weighted by Crippen LogP contribution is -2.30. The lowest BCUT2D eigenvalue weighted by molar-refractivity contribution is -0.123. The Balaban J connectivity index is 0.000000162.